The van der Waals surface area contributed by atoms with Crippen molar-refractivity contribution in [2.45, 2.75) is 29.3 Å². The van der Waals surface area contributed by atoms with E-state index in [4.69, 9.17) is 0 Å². The number of hydrogen-bond donors (Lipinski definition) is 2. The molecule has 3 rings (SSSR count). The largest absolute Gasteiger partial charge is 0.748 e. The standard InChI is InChI=1S/C19H20IN6O4S/c1-19(2,11-27)12-4-6-13(7-5-12)21-17(28)15-10-14(26(30)20-29)8-9-16(15)31-18-22-23-24-25(18)3/h4-10,27H,11H2,1-3H3,(H,21,28)/q-1. The number of nitrogens with one attached hydrogen (secondary N) is 1. The molecule has 3 aromatic rings. The number of carbonyl (C=O) groups is 1. The van der Waals surface area contributed by atoms with Crippen molar-refractivity contribution < 1.29 is 13.0 Å². The molecule has 0 atom stereocenters. The van der Waals surface area contributed by atoms with Crippen molar-refractivity contribution in [3.05, 3.63) is 58.8 Å². The van der Waals surface area contributed by atoms with Gasteiger partial charge in [0.1, 0.15) is 0 Å². The van der Waals surface area contributed by atoms with Crippen LogP contribution < -0.4 is 8.59 Å². The normalized spacial score (nSPS) is 11.4. The summed E-state index contributed by atoms with van der Waals surface area (Å²) in [6, 6.07) is 11.7. The van der Waals surface area contributed by atoms with Crippen molar-refractivity contribution in [3.8, 4) is 0 Å². The Hall–Kier alpha value is -2.42. The first kappa shape index (κ1) is 23.2. The molecule has 0 saturated carbocycles. The summed E-state index contributed by atoms with van der Waals surface area (Å²) in [6.07, 6.45) is 0. The van der Waals surface area contributed by atoms with Gasteiger partial charge in [-0.05, 0) is 58.1 Å². The number of rotatable bonds is 8. The number of aliphatic hydroxyl groups excluding tert-OH is 1. The maximum Gasteiger partial charge on any atom is 0.262 e. The first-order chi connectivity index (χ1) is 14.7. The van der Waals surface area contributed by atoms with Crippen LogP contribution in [0.5, 0.6) is 0 Å². The summed E-state index contributed by atoms with van der Waals surface area (Å²) in [6.45, 7) is 3.84. The molecule has 0 radical (unpaired) electrons. The molecule has 12 heteroatoms. The third kappa shape index (κ3) is 5.44. The van der Waals surface area contributed by atoms with Crippen LogP contribution >= 0.6 is 33.2 Å². The fourth-order valence-electron chi connectivity index (χ4n) is 2.63. The Morgan fingerprint density at radius 1 is 1.29 bits per heavy atom. The second kappa shape index (κ2) is 9.80. The topological polar surface area (TPSA) is 136 Å². The van der Waals surface area contributed by atoms with Crippen molar-refractivity contribution >= 4 is 50.5 Å². The van der Waals surface area contributed by atoms with Gasteiger partial charge < -0.3 is 18.9 Å². The molecule has 0 unspecified atom stereocenters. The second-order valence-electron chi connectivity index (χ2n) is 7.25. The van der Waals surface area contributed by atoms with Crippen LogP contribution in [0.25, 0.3) is 0 Å². The van der Waals surface area contributed by atoms with Gasteiger partial charge in [0.25, 0.3) is 27.4 Å². The van der Waals surface area contributed by atoms with Gasteiger partial charge in [-0.2, -0.15) is 0 Å². The quantitative estimate of drug-likeness (QED) is 0.243. The molecular formula is C19H20IN6O4S-. The molecule has 0 aliphatic rings. The zero-order valence-electron chi connectivity index (χ0n) is 16.9. The van der Waals surface area contributed by atoms with Crippen LogP contribution in [0.4, 0.5) is 11.4 Å². The lowest BCUT2D eigenvalue weighted by Crippen LogP contribution is -2.22. The second-order valence-corrected chi connectivity index (χ2v) is 9.53. The Morgan fingerprint density at radius 2 is 2.00 bits per heavy atom. The number of nitrogens with zero attached hydrogens (tertiary/aromatic N) is 5. The lowest BCUT2D eigenvalue weighted by Gasteiger charge is -2.23. The number of aliphatic hydroxyl groups is 1. The molecule has 164 valence electrons. The maximum absolute atomic E-state index is 13.0. The zero-order valence-corrected chi connectivity index (χ0v) is 19.9. The molecule has 0 bridgehead atoms. The van der Waals surface area contributed by atoms with Crippen molar-refractivity contribution in [3.63, 3.8) is 0 Å². The first-order valence-electron chi connectivity index (χ1n) is 9.07. The molecule has 1 amide bonds. The van der Waals surface area contributed by atoms with E-state index in [-0.39, 0.29) is 17.9 Å². The molecule has 0 fully saturated rings. The predicted molar refractivity (Wildman–Crippen MR) is 124 cm³/mol. The van der Waals surface area contributed by atoms with E-state index in [0.717, 1.165) is 5.56 Å². The molecule has 1 heterocycles. The van der Waals surface area contributed by atoms with E-state index >= 15 is 0 Å². The Labute approximate surface area is 193 Å². The third-order valence-corrected chi connectivity index (χ3v) is 6.59. The summed E-state index contributed by atoms with van der Waals surface area (Å²) < 4.78 is 12.9. The van der Waals surface area contributed by atoms with Crippen LogP contribution in [0.2, 0.25) is 0 Å². The van der Waals surface area contributed by atoms with Crippen LogP contribution in [0.15, 0.2) is 52.5 Å². The average Bonchev–Trinajstić information content (AvgIpc) is 3.18. The highest BCUT2D eigenvalue weighted by molar-refractivity contribution is 14.1. The summed E-state index contributed by atoms with van der Waals surface area (Å²) >= 11 is -0.785. The number of anilines is 2. The molecule has 2 N–H and O–H groups in total. The summed E-state index contributed by atoms with van der Waals surface area (Å²) in [5, 5.41) is 35.9. The Bertz CT molecular complexity index is 1090. The van der Waals surface area contributed by atoms with E-state index < -0.39 is 32.8 Å². The van der Waals surface area contributed by atoms with Crippen LogP contribution in [-0.2, 0) is 15.5 Å². The number of hydrogen-bond acceptors (Lipinski definition) is 8. The van der Waals surface area contributed by atoms with Gasteiger partial charge in [0, 0.05) is 28.7 Å². The van der Waals surface area contributed by atoms with Crippen molar-refractivity contribution in [2.24, 2.45) is 7.05 Å². The minimum absolute atomic E-state index is 0.00296. The molecular weight excluding hydrogens is 535 g/mol. The molecule has 31 heavy (non-hydrogen) atoms. The van der Waals surface area contributed by atoms with E-state index in [2.05, 4.69) is 20.8 Å². The highest BCUT2D eigenvalue weighted by Gasteiger charge is 2.20. The zero-order chi connectivity index (χ0) is 22.6. The van der Waals surface area contributed by atoms with Gasteiger partial charge in [-0.15, -0.1) is 5.10 Å². The van der Waals surface area contributed by atoms with Crippen LogP contribution in [0.3, 0.4) is 0 Å². The highest BCUT2D eigenvalue weighted by Crippen LogP contribution is 2.33. The van der Waals surface area contributed by atoms with Gasteiger partial charge in [-0.3, -0.25) is 4.79 Å². The monoisotopic (exact) mass is 555 g/mol. The minimum atomic E-state index is -1.96. The van der Waals surface area contributed by atoms with E-state index in [1.165, 1.54) is 28.6 Å². The van der Waals surface area contributed by atoms with Crippen molar-refractivity contribution in [2.75, 3.05) is 15.2 Å². The van der Waals surface area contributed by atoms with E-state index in [0.29, 0.717) is 19.0 Å². The summed E-state index contributed by atoms with van der Waals surface area (Å²) in [7, 11) is 1.67. The predicted octanol–water partition coefficient (Wildman–Crippen LogP) is 3.42. The van der Waals surface area contributed by atoms with Crippen molar-refractivity contribution in [1.29, 1.82) is 0 Å². The number of aromatic nitrogens is 4. The Balaban J connectivity index is 1.90. The molecule has 10 nitrogen and oxygen atoms in total. The number of tetrazole rings is 1. The Morgan fingerprint density at radius 3 is 2.58 bits per heavy atom. The fraction of sp³-hybridized carbons (Fsp3) is 0.263. The summed E-state index contributed by atoms with van der Waals surface area (Å²) in [4.78, 5) is 13.6. The molecule has 1 aromatic heterocycles. The molecule has 2 aromatic carbocycles. The third-order valence-electron chi connectivity index (χ3n) is 4.58. The van der Waals surface area contributed by atoms with Gasteiger partial charge in [0.15, 0.2) is 0 Å². The number of amides is 1. The number of benzene rings is 2. The van der Waals surface area contributed by atoms with Gasteiger partial charge in [0.05, 0.1) is 12.2 Å². The van der Waals surface area contributed by atoms with E-state index in [1.807, 2.05) is 26.0 Å². The SMILES string of the molecule is Cn1nnnc1Sc1ccc(N([O-])I=O)cc1C(=O)Nc1ccc(C(C)(C)CO)cc1. The number of carbonyl (C=O) groups excluding carboxylic acids is 1. The van der Waals surface area contributed by atoms with E-state index in [9.17, 15) is 18.2 Å². The molecule has 0 spiro atoms. The average molecular weight is 555 g/mol. The van der Waals surface area contributed by atoms with Gasteiger partial charge >= 0.3 is 0 Å². The first-order valence-corrected chi connectivity index (χ1v) is 11.7. The summed E-state index contributed by atoms with van der Waals surface area (Å²) in [5.41, 5.74) is 1.45. The summed E-state index contributed by atoms with van der Waals surface area (Å²) in [5.74, 6) is -0.439. The smallest absolute Gasteiger partial charge is 0.262 e. The van der Waals surface area contributed by atoms with Gasteiger partial charge in [0.2, 0.25) is 5.16 Å². The molecule has 0 aliphatic carbocycles. The molecule has 0 aliphatic heterocycles. The molecule has 0 saturated heterocycles. The van der Waals surface area contributed by atoms with Gasteiger partial charge in [-0.25, -0.2) is 7.75 Å². The minimum Gasteiger partial charge on any atom is -0.748 e. The number of halogens is 1. The lowest BCUT2D eigenvalue weighted by molar-refractivity contribution is 0.102. The van der Waals surface area contributed by atoms with E-state index in [1.54, 1.807) is 25.2 Å². The van der Waals surface area contributed by atoms with Crippen LogP contribution in [0.1, 0.15) is 29.8 Å². The van der Waals surface area contributed by atoms with Gasteiger partial charge in [-0.1, -0.05) is 26.0 Å². The van der Waals surface area contributed by atoms with Crippen LogP contribution in [-0.4, -0.2) is 37.8 Å². The lowest BCUT2D eigenvalue weighted by atomic mass is 9.85. The number of aryl methyl sites for hydroxylation is 1. The highest BCUT2D eigenvalue weighted by atomic mass is 127. The maximum atomic E-state index is 13.0. The van der Waals surface area contributed by atoms with Crippen LogP contribution in [0, 0.1) is 5.21 Å². The fourth-order valence-corrected chi connectivity index (χ4v) is 4.00. The van der Waals surface area contributed by atoms with Crippen molar-refractivity contribution in [1.82, 2.24) is 20.2 Å². The Kier molecular flexibility index (Phi) is 7.35.